The van der Waals surface area contributed by atoms with Gasteiger partial charge in [-0.15, -0.1) is 0 Å². The Kier molecular flexibility index (Phi) is 1.92. The number of hydrogen-bond donors (Lipinski definition) is 0. The molecule has 0 fully saturated rings. The van der Waals surface area contributed by atoms with Gasteiger partial charge in [0.05, 0.1) is 0 Å². The van der Waals surface area contributed by atoms with E-state index in [1.807, 2.05) is 0 Å². The van der Waals surface area contributed by atoms with Crippen LogP contribution in [0.2, 0.25) is 0 Å². The third-order valence-electron chi connectivity index (χ3n) is 2.96. The maximum Gasteiger partial charge on any atom is 0.0278 e. The second kappa shape index (κ2) is 3.39. The first-order valence-electron chi connectivity index (χ1n) is 5.27. The molecule has 1 unspecified atom stereocenters. The van der Waals surface area contributed by atoms with Gasteiger partial charge in [-0.3, -0.25) is 0 Å². The van der Waals surface area contributed by atoms with E-state index in [4.69, 9.17) is 0 Å². The fraction of sp³-hybridized carbons (Fsp3) is 0.0667. The van der Waals surface area contributed by atoms with Crippen LogP contribution in [0.3, 0.4) is 0 Å². The number of hydrogen-bond acceptors (Lipinski definition) is 0. The lowest BCUT2D eigenvalue weighted by molar-refractivity contribution is 0.925. The van der Waals surface area contributed by atoms with Crippen molar-refractivity contribution >= 4 is 0 Å². The molecule has 3 aliphatic rings. The average Bonchev–Trinajstić information content (AvgIpc) is 2.82. The largest absolute Gasteiger partial charge is 0.0726 e. The standard InChI is InChI=1S/C15H12/c1-2-7-12(6-1)15-11-5-9-13-8-3-4-10-14(13)15/h1-11,14H. The molecule has 0 aromatic carbocycles. The number of allylic oxidation sites excluding steroid dienone is 14. The van der Waals surface area contributed by atoms with Gasteiger partial charge in [0.15, 0.2) is 0 Å². The van der Waals surface area contributed by atoms with Gasteiger partial charge in [0.1, 0.15) is 0 Å². The van der Waals surface area contributed by atoms with Crippen molar-refractivity contribution in [3.8, 4) is 0 Å². The molecular formula is C15H12. The minimum atomic E-state index is 0.447. The Morgan fingerprint density at radius 2 is 1.53 bits per heavy atom. The molecule has 0 radical (unpaired) electrons. The van der Waals surface area contributed by atoms with Crippen molar-refractivity contribution in [2.45, 2.75) is 0 Å². The van der Waals surface area contributed by atoms with Gasteiger partial charge in [0, 0.05) is 5.92 Å². The summed E-state index contributed by atoms with van der Waals surface area (Å²) in [6.45, 7) is 0. The maximum atomic E-state index is 2.26. The van der Waals surface area contributed by atoms with Gasteiger partial charge in [0.25, 0.3) is 0 Å². The molecule has 0 heterocycles. The van der Waals surface area contributed by atoms with E-state index in [9.17, 15) is 0 Å². The molecule has 0 heteroatoms. The van der Waals surface area contributed by atoms with E-state index in [1.54, 1.807) is 0 Å². The summed E-state index contributed by atoms with van der Waals surface area (Å²) in [7, 11) is 0. The molecule has 0 N–H and O–H groups in total. The molecule has 3 aliphatic carbocycles. The molecule has 0 aromatic rings. The Bertz CT molecular complexity index is 474. The smallest absolute Gasteiger partial charge is 0.0278 e. The summed E-state index contributed by atoms with van der Waals surface area (Å²) < 4.78 is 0. The first-order chi connectivity index (χ1) is 7.45. The van der Waals surface area contributed by atoms with E-state index in [0.29, 0.717) is 5.92 Å². The van der Waals surface area contributed by atoms with Crippen molar-refractivity contribution in [3.05, 3.63) is 83.6 Å². The normalized spacial score (nSPS) is 26.1. The lowest BCUT2D eigenvalue weighted by Gasteiger charge is -2.22. The Morgan fingerprint density at radius 3 is 2.40 bits per heavy atom. The van der Waals surface area contributed by atoms with Gasteiger partial charge >= 0.3 is 0 Å². The predicted molar refractivity (Wildman–Crippen MR) is 64.3 cm³/mol. The summed E-state index contributed by atoms with van der Waals surface area (Å²) in [4.78, 5) is 0. The van der Waals surface area contributed by atoms with Crippen LogP contribution in [0.5, 0.6) is 0 Å². The Morgan fingerprint density at radius 1 is 0.733 bits per heavy atom. The third kappa shape index (κ3) is 1.39. The Balaban J connectivity index is 2.10. The molecule has 72 valence electrons. The highest BCUT2D eigenvalue weighted by Crippen LogP contribution is 2.33. The van der Waals surface area contributed by atoms with E-state index >= 15 is 0 Å². The van der Waals surface area contributed by atoms with Gasteiger partial charge in [-0.2, -0.15) is 0 Å². The molecule has 0 nitrogen and oxygen atoms in total. The van der Waals surface area contributed by atoms with E-state index < -0.39 is 0 Å². The van der Waals surface area contributed by atoms with Crippen LogP contribution in [0.4, 0.5) is 0 Å². The van der Waals surface area contributed by atoms with Crippen LogP contribution in [-0.2, 0) is 0 Å². The molecular weight excluding hydrogens is 180 g/mol. The average molecular weight is 192 g/mol. The zero-order chi connectivity index (χ0) is 10.1. The molecule has 3 rings (SSSR count). The summed E-state index contributed by atoms with van der Waals surface area (Å²) in [6, 6.07) is 0. The van der Waals surface area contributed by atoms with Gasteiger partial charge in [-0.05, 0) is 16.7 Å². The lowest BCUT2D eigenvalue weighted by Crippen LogP contribution is -2.08. The highest BCUT2D eigenvalue weighted by atomic mass is 14.2. The minimum absolute atomic E-state index is 0.447. The van der Waals surface area contributed by atoms with Crippen LogP contribution in [0.15, 0.2) is 83.6 Å². The zero-order valence-electron chi connectivity index (χ0n) is 8.43. The Hall–Kier alpha value is -1.82. The van der Waals surface area contributed by atoms with E-state index in [-0.39, 0.29) is 0 Å². The molecule has 15 heavy (non-hydrogen) atoms. The number of fused-ring (bicyclic) bond motifs is 1. The van der Waals surface area contributed by atoms with Crippen molar-refractivity contribution in [1.82, 2.24) is 0 Å². The fourth-order valence-corrected chi connectivity index (χ4v) is 2.21. The Labute approximate surface area is 90.0 Å². The summed E-state index contributed by atoms with van der Waals surface area (Å²) >= 11 is 0. The predicted octanol–water partition coefficient (Wildman–Crippen LogP) is 3.65. The van der Waals surface area contributed by atoms with Crippen molar-refractivity contribution in [3.63, 3.8) is 0 Å². The van der Waals surface area contributed by atoms with Crippen LogP contribution in [0, 0.1) is 5.92 Å². The minimum Gasteiger partial charge on any atom is -0.0726 e. The molecule has 0 aliphatic heterocycles. The second-order valence-electron chi connectivity index (χ2n) is 3.88. The highest BCUT2D eigenvalue weighted by molar-refractivity contribution is 5.56. The third-order valence-corrected chi connectivity index (χ3v) is 2.96. The van der Waals surface area contributed by atoms with Gasteiger partial charge in [-0.25, -0.2) is 0 Å². The summed E-state index contributed by atoms with van der Waals surface area (Å²) in [5.41, 5.74) is 4.12. The first-order valence-corrected chi connectivity index (χ1v) is 5.27. The van der Waals surface area contributed by atoms with Gasteiger partial charge < -0.3 is 0 Å². The van der Waals surface area contributed by atoms with Crippen molar-refractivity contribution in [1.29, 1.82) is 0 Å². The van der Waals surface area contributed by atoms with Crippen LogP contribution < -0.4 is 0 Å². The van der Waals surface area contributed by atoms with Crippen LogP contribution in [0.25, 0.3) is 0 Å². The molecule has 0 aromatic heterocycles. The monoisotopic (exact) mass is 192 g/mol. The van der Waals surface area contributed by atoms with Gasteiger partial charge in [0.2, 0.25) is 0 Å². The molecule has 1 atom stereocenters. The van der Waals surface area contributed by atoms with Crippen LogP contribution in [0.1, 0.15) is 0 Å². The first kappa shape index (κ1) is 8.49. The number of rotatable bonds is 0. The molecule has 0 saturated heterocycles. The maximum absolute atomic E-state index is 2.26. The quantitative estimate of drug-likeness (QED) is 0.549. The van der Waals surface area contributed by atoms with Crippen molar-refractivity contribution in [2.24, 2.45) is 5.92 Å². The summed E-state index contributed by atoms with van der Waals surface area (Å²) in [6.07, 6.45) is 23.8. The lowest BCUT2D eigenvalue weighted by atomic mass is 9.82. The van der Waals surface area contributed by atoms with Gasteiger partial charge in [-0.1, -0.05) is 66.8 Å². The summed E-state index contributed by atoms with van der Waals surface area (Å²) in [5.74, 6) is 0.447. The van der Waals surface area contributed by atoms with Crippen LogP contribution >= 0.6 is 0 Å². The second-order valence-corrected chi connectivity index (χ2v) is 3.88. The van der Waals surface area contributed by atoms with E-state index in [2.05, 4.69) is 66.8 Å². The van der Waals surface area contributed by atoms with E-state index in [0.717, 1.165) is 0 Å². The summed E-state index contributed by atoms with van der Waals surface area (Å²) in [5, 5.41) is 0. The highest BCUT2D eigenvalue weighted by Gasteiger charge is 2.18. The fourth-order valence-electron chi connectivity index (χ4n) is 2.21. The molecule has 0 spiro atoms. The molecule has 0 saturated carbocycles. The SMILES string of the molecule is C1=CC2=CC=CC(=C3C=CC=C3)C2C=C1. The van der Waals surface area contributed by atoms with Crippen molar-refractivity contribution in [2.75, 3.05) is 0 Å². The van der Waals surface area contributed by atoms with Crippen molar-refractivity contribution < 1.29 is 0 Å². The molecule has 0 bridgehead atoms. The molecule has 0 amide bonds. The van der Waals surface area contributed by atoms with Crippen LogP contribution in [-0.4, -0.2) is 0 Å². The topological polar surface area (TPSA) is 0 Å². The van der Waals surface area contributed by atoms with E-state index in [1.165, 1.54) is 16.7 Å². The zero-order valence-corrected chi connectivity index (χ0v) is 8.43.